The van der Waals surface area contributed by atoms with Gasteiger partial charge in [-0.1, -0.05) is 6.07 Å². The summed E-state index contributed by atoms with van der Waals surface area (Å²) in [5, 5.41) is 19.1. The van der Waals surface area contributed by atoms with E-state index in [1.54, 1.807) is 0 Å². The minimum atomic E-state index is -0.433. The number of nitro groups is 1. The normalized spacial score (nSPS) is 12.4. The Labute approximate surface area is 167 Å². The minimum absolute atomic E-state index is 0.00358. The van der Waals surface area contributed by atoms with E-state index >= 15 is 0 Å². The number of nitrogens with zero attached hydrogens (tertiary/aromatic N) is 6. The molecule has 3 aromatic heterocycles. The van der Waals surface area contributed by atoms with Gasteiger partial charge >= 0.3 is 5.00 Å². The van der Waals surface area contributed by atoms with Crippen molar-refractivity contribution in [1.82, 2.24) is 24.7 Å². The first-order valence-electron chi connectivity index (χ1n) is 8.61. The van der Waals surface area contributed by atoms with E-state index in [-0.39, 0.29) is 17.7 Å². The van der Waals surface area contributed by atoms with E-state index in [0.717, 1.165) is 28.4 Å². The van der Waals surface area contributed by atoms with Gasteiger partial charge in [0.05, 0.1) is 10.3 Å². The van der Waals surface area contributed by atoms with Crippen LogP contribution in [0.3, 0.4) is 0 Å². The van der Waals surface area contributed by atoms with Crippen molar-refractivity contribution in [2.24, 2.45) is 0 Å². The molecular formula is C17H13N7O4S. The molecule has 0 unspecified atom stereocenters. The lowest BCUT2D eigenvalue weighted by molar-refractivity contribution is -0.380. The predicted molar refractivity (Wildman–Crippen MR) is 104 cm³/mol. The van der Waals surface area contributed by atoms with E-state index in [1.807, 2.05) is 18.2 Å². The molecule has 4 heterocycles. The number of thiophene rings is 1. The van der Waals surface area contributed by atoms with Crippen LogP contribution in [0.5, 0.6) is 11.5 Å². The van der Waals surface area contributed by atoms with Crippen molar-refractivity contribution in [2.75, 3.05) is 18.7 Å². The standard InChI is InChI=1S/C17H13N7O4S/c25-24(26)14-6-11-15(21-17(22-16(11)29-14)23-8-18-7-20-23)19-4-3-10-1-2-12-13(5-10)28-9-27-12/h1-2,5-8H,3-4,9H2,(H,19,21,22). The summed E-state index contributed by atoms with van der Waals surface area (Å²) in [7, 11) is 0. The van der Waals surface area contributed by atoms with E-state index < -0.39 is 4.92 Å². The summed E-state index contributed by atoms with van der Waals surface area (Å²) in [6.07, 6.45) is 3.55. The largest absolute Gasteiger partial charge is 0.454 e. The molecule has 0 fully saturated rings. The monoisotopic (exact) mass is 411 g/mol. The lowest BCUT2D eigenvalue weighted by Gasteiger charge is -2.09. The van der Waals surface area contributed by atoms with Gasteiger partial charge in [-0.15, -0.1) is 0 Å². The number of nitrogens with one attached hydrogen (secondary N) is 1. The molecule has 0 amide bonds. The lowest BCUT2D eigenvalue weighted by atomic mass is 10.1. The van der Waals surface area contributed by atoms with Crippen LogP contribution in [0.25, 0.3) is 16.2 Å². The van der Waals surface area contributed by atoms with Crippen molar-refractivity contribution in [3.63, 3.8) is 0 Å². The Morgan fingerprint density at radius 3 is 2.97 bits per heavy atom. The van der Waals surface area contributed by atoms with Crippen molar-refractivity contribution in [3.8, 4) is 17.4 Å². The number of benzene rings is 1. The van der Waals surface area contributed by atoms with Gasteiger partial charge in [-0.3, -0.25) is 10.1 Å². The average molecular weight is 411 g/mol. The SMILES string of the molecule is O=[N+]([O-])c1cc2c(NCCc3ccc4c(c3)OCO4)nc(-n3cncn3)nc2s1. The van der Waals surface area contributed by atoms with E-state index in [0.29, 0.717) is 29.0 Å². The zero-order chi connectivity index (χ0) is 19.8. The highest BCUT2D eigenvalue weighted by atomic mass is 32.1. The van der Waals surface area contributed by atoms with Crippen LogP contribution in [-0.4, -0.2) is 43.0 Å². The van der Waals surface area contributed by atoms with Crippen LogP contribution in [0.2, 0.25) is 0 Å². The van der Waals surface area contributed by atoms with Crippen LogP contribution in [-0.2, 0) is 6.42 Å². The molecule has 1 aliphatic rings. The van der Waals surface area contributed by atoms with E-state index in [2.05, 4.69) is 25.4 Å². The van der Waals surface area contributed by atoms with Crippen LogP contribution in [0.15, 0.2) is 36.9 Å². The first-order chi connectivity index (χ1) is 14.2. The van der Waals surface area contributed by atoms with Gasteiger partial charge in [0.1, 0.15) is 23.3 Å². The maximum absolute atomic E-state index is 11.2. The molecule has 0 bridgehead atoms. The van der Waals surface area contributed by atoms with Crippen LogP contribution >= 0.6 is 11.3 Å². The Morgan fingerprint density at radius 1 is 1.24 bits per heavy atom. The fourth-order valence-electron chi connectivity index (χ4n) is 2.96. The summed E-state index contributed by atoms with van der Waals surface area (Å²) >= 11 is 0.992. The zero-order valence-corrected chi connectivity index (χ0v) is 15.6. The zero-order valence-electron chi connectivity index (χ0n) is 14.8. The topological polar surface area (TPSA) is 130 Å². The molecule has 1 aliphatic heterocycles. The van der Waals surface area contributed by atoms with Crippen LogP contribution in [0, 0.1) is 10.1 Å². The van der Waals surface area contributed by atoms with Crippen molar-refractivity contribution in [2.45, 2.75) is 6.42 Å². The summed E-state index contributed by atoms with van der Waals surface area (Å²) in [5.74, 6) is 2.26. The molecule has 0 atom stereocenters. The molecule has 1 N–H and O–H groups in total. The minimum Gasteiger partial charge on any atom is -0.454 e. The fraction of sp³-hybridized carbons (Fsp3) is 0.176. The van der Waals surface area contributed by atoms with Crippen LogP contribution in [0.4, 0.5) is 10.8 Å². The Hall–Kier alpha value is -3.80. The number of hydrogen-bond donors (Lipinski definition) is 1. The maximum Gasteiger partial charge on any atom is 0.326 e. The molecule has 11 nitrogen and oxygen atoms in total. The molecule has 0 saturated carbocycles. The molecule has 4 aromatic rings. The second kappa shape index (κ2) is 6.98. The van der Waals surface area contributed by atoms with Crippen LogP contribution in [0.1, 0.15) is 5.56 Å². The Morgan fingerprint density at radius 2 is 2.14 bits per heavy atom. The van der Waals surface area contributed by atoms with E-state index in [4.69, 9.17) is 9.47 Å². The number of anilines is 1. The van der Waals surface area contributed by atoms with Gasteiger partial charge in [-0.2, -0.15) is 19.7 Å². The molecule has 146 valence electrons. The Balaban J connectivity index is 1.42. The smallest absolute Gasteiger partial charge is 0.326 e. The van der Waals surface area contributed by atoms with Gasteiger partial charge in [0.15, 0.2) is 11.5 Å². The molecule has 0 spiro atoms. The van der Waals surface area contributed by atoms with Crippen molar-refractivity contribution in [1.29, 1.82) is 0 Å². The molecule has 29 heavy (non-hydrogen) atoms. The maximum atomic E-state index is 11.2. The van der Waals surface area contributed by atoms with Gasteiger partial charge in [0.25, 0.3) is 5.95 Å². The van der Waals surface area contributed by atoms with Crippen LogP contribution < -0.4 is 14.8 Å². The quantitative estimate of drug-likeness (QED) is 0.376. The Kier molecular flexibility index (Phi) is 4.17. The van der Waals surface area contributed by atoms with Crippen molar-refractivity contribution < 1.29 is 14.4 Å². The summed E-state index contributed by atoms with van der Waals surface area (Å²) < 4.78 is 12.1. The third-order valence-corrected chi connectivity index (χ3v) is 5.30. The third-order valence-electron chi connectivity index (χ3n) is 4.31. The highest BCUT2D eigenvalue weighted by Gasteiger charge is 2.18. The van der Waals surface area contributed by atoms with E-state index in [1.165, 1.54) is 23.4 Å². The number of rotatable bonds is 6. The van der Waals surface area contributed by atoms with Gasteiger partial charge in [0.2, 0.25) is 6.79 Å². The van der Waals surface area contributed by atoms with Crippen molar-refractivity contribution >= 4 is 32.4 Å². The molecule has 12 heteroatoms. The number of aromatic nitrogens is 5. The summed E-state index contributed by atoms with van der Waals surface area (Å²) in [5.41, 5.74) is 1.07. The second-order valence-electron chi connectivity index (χ2n) is 6.14. The van der Waals surface area contributed by atoms with Gasteiger partial charge in [-0.05, 0) is 35.5 Å². The molecular weight excluding hydrogens is 398 g/mol. The number of ether oxygens (including phenoxy) is 2. The summed E-state index contributed by atoms with van der Waals surface area (Å²) in [6, 6.07) is 7.27. The van der Waals surface area contributed by atoms with E-state index in [9.17, 15) is 10.1 Å². The van der Waals surface area contributed by atoms with Gasteiger partial charge < -0.3 is 14.8 Å². The van der Waals surface area contributed by atoms with Gasteiger partial charge in [0, 0.05) is 12.6 Å². The molecule has 1 aromatic carbocycles. The lowest BCUT2D eigenvalue weighted by Crippen LogP contribution is -2.09. The second-order valence-corrected chi connectivity index (χ2v) is 7.15. The first kappa shape index (κ1) is 17.3. The molecule has 0 radical (unpaired) electrons. The molecule has 0 saturated heterocycles. The fourth-order valence-corrected chi connectivity index (χ4v) is 3.80. The molecule has 0 aliphatic carbocycles. The first-order valence-corrected chi connectivity index (χ1v) is 9.42. The van der Waals surface area contributed by atoms with Crippen molar-refractivity contribution in [3.05, 3.63) is 52.6 Å². The number of hydrogen-bond acceptors (Lipinski definition) is 10. The summed E-state index contributed by atoms with van der Waals surface area (Å²) in [4.78, 5) is 24.0. The average Bonchev–Trinajstić information content (AvgIpc) is 3.46. The Bertz CT molecular complexity index is 1210. The van der Waals surface area contributed by atoms with Gasteiger partial charge in [-0.25, -0.2) is 4.98 Å². The molecule has 5 rings (SSSR count). The summed E-state index contributed by atoms with van der Waals surface area (Å²) in [6.45, 7) is 0.796. The number of fused-ring (bicyclic) bond motifs is 2. The predicted octanol–water partition coefficient (Wildman–Crippen LogP) is 2.56. The third kappa shape index (κ3) is 3.29. The highest BCUT2D eigenvalue weighted by Crippen LogP contribution is 2.35. The highest BCUT2D eigenvalue weighted by molar-refractivity contribution is 7.21.